The Kier molecular flexibility index (Phi) is 3.43. The van der Waals surface area contributed by atoms with Crippen molar-refractivity contribution < 1.29 is 9.90 Å². The molecule has 2 aromatic rings. The van der Waals surface area contributed by atoms with Crippen LogP contribution in [-0.2, 0) is 6.42 Å². The molecule has 0 unspecified atom stereocenters. The Bertz CT molecular complexity index is 652. The monoisotopic (exact) mass is 264 g/mol. The van der Waals surface area contributed by atoms with Gasteiger partial charge in [0.1, 0.15) is 0 Å². The van der Waals surface area contributed by atoms with Crippen LogP contribution in [0.25, 0.3) is 0 Å². The van der Waals surface area contributed by atoms with E-state index in [-0.39, 0.29) is 5.82 Å². The Balaban J connectivity index is 2.34. The number of benzene rings is 1. The van der Waals surface area contributed by atoms with Crippen molar-refractivity contribution in [3.05, 3.63) is 62.8 Å². The zero-order valence-corrected chi connectivity index (χ0v) is 9.94. The summed E-state index contributed by atoms with van der Waals surface area (Å²) in [6.45, 7) is 0. The van der Waals surface area contributed by atoms with Gasteiger partial charge in [-0.05, 0) is 17.7 Å². The summed E-state index contributed by atoms with van der Waals surface area (Å²) in [5.41, 5.74) is 0.759. The third-order valence-corrected chi connectivity index (χ3v) is 2.51. The predicted molar refractivity (Wildman–Crippen MR) is 66.1 cm³/mol. The molecule has 5 nitrogen and oxygen atoms in total. The van der Waals surface area contributed by atoms with E-state index in [4.69, 9.17) is 16.7 Å². The molecule has 0 aliphatic carbocycles. The van der Waals surface area contributed by atoms with Gasteiger partial charge in [0.2, 0.25) is 5.82 Å². The van der Waals surface area contributed by atoms with Crippen molar-refractivity contribution in [2.75, 3.05) is 0 Å². The van der Waals surface area contributed by atoms with Gasteiger partial charge in [0.25, 0.3) is 5.56 Å². The summed E-state index contributed by atoms with van der Waals surface area (Å²) in [4.78, 5) is 28.1. The molecule has 0 saturated heterocycles. The van der Waals surface area contributed by atoms with E-state index in [9.17, 15) is 9.59 Å². The lowest BCUT2D eigenvalue weighted by atomic mass is 10.1. The number of H-pyrrole nitrogens is 1. The Morgan fingerprint density at radius 1 is 1.39 bits per heavy atom. The fourth-order valence-corrected chi connectivity index (χ4v) is 1.77. The molecular formula is C12H9ClN2O3. The molecule has 0 atom stereocenters. The maximum absolute atomic E-state index is 11.3. The van der Waals surface area contributed by atoms with E-state index in [2.05, 4.69) is 9.97 Å². The van der Waals surface area contributed by atoms with Crippen LogP contribution in [0.2, 0.25) is 5.02 Å². The summed E-state index contributed by atoms with van der Waals surface area (Å²) < 4.78 is 0. The average molecular weight is 265 g/mol. The second-order valence-electron chi connectivity index (χ2n) is 3.70. The summed E-state index contributed by atoms with van der Waals surface area (Å²) in [7, 11) is 0. The van der Waals surface area contributed by atoms with Gasteiger partial charge < -0.3 is 10.1 Å². The fraction of sp³-hybridized carbons (Fsp3) is 0.0833. The third-order valence-electron chi connectivity index (χ3n) is 2.27. The lowest BCUT2D eigenvalue weighted by Crippen LogP contribution is -2.16. The molecule has 92 valence electrons. The van der Waals surface area contributed by atoms with Gasteiger partial charge in [-0.25, -0.2) is 9.78 Å². The predicted octanol–water partition coefficient (Wildman–Crippen LogP) is 1.71. The first-order chi connectivity index (χ1) is 8.54. The number of halogens is 1. The van der Waals surface area contributed by atoms with E-state index < -0.39 is 11.5 Å². The number of aromatic carboxylic acids is 1. The second kappa shape index (κ2) is 5.01. The number of carboxylic acid groups (broad SMARTS) is 1. The number of nitrogens with one attached hydrogen (secondary N) is 1. The number of hydrogen-bond acceptors (Lipinski definition) is 3. The first-order valence-corrected chi connectivity index (χ1v) is 5.50. The molecule has 0 radical (unpaired) electrons. The average Bonchev–Trinajstić information content (AvgIpc) is 2.28. The Morgan fingerprint density at radius 2 is 2.17 bits per heavy atom. The number of aromatic nitrogens is 2. The minimum Gasteiger partial charge on any atom is -0.475 e. The summed E-state index contributed by atoms with van der Waals surface area (Å²) in [6.07, 6.45) is 0.352. The van der Waals surface area contributed by atoms with Crippen LogP contribution >= 0.6 is 11.6 Å². The minimum atomic E-state index is -1.26. The SMILES string of the molecule is O=C(O)c1nc(Cc2cccc(Cl)c2)cc(=O)[nH]1. The highest BCUT2D eigenvalue weighted by Crippen LogP contribution is 2.13. The summed E-state index contributed by atoms with van der Waals surface area (Å²) in [6, 6.07) is 8.36. The zero-order chi connectivity index (χ0) is 13.1. The standard InChI is InChI=1S/C12H9ClN2O3/c13-8-3-1-2-7(4-8)5-9-6-10(16)15-11(14-9)12(17)18/h1-4,6H,5H2,(H,17,18)(H,14,15,16). The molecule has 0 aliphatic rings. The molecule has 0 fully saturated rings. The van der Waals surface area contributed by atoms with Crippen molar-refractivity contribution in [1.82, 2.24) is 9.97 Å². The van der Waals surface area contributed by atoms with Crippen LogP contribution in [0.5, 0.6) is 0 Å². The first kappa shape index (κ1) is 12.3. The highest BCUT2D eigenvalue weighted by molar-refractivity contribution is 6.30. The van der Waals surface area contributed by atoms with Gasteiger partial charge in [0, 0.05) is 17.5 Å². The molecule has 0 aliphatic heterocycles. The minimum absolute atomic E-state index is 0.352. The lowest BCUT2D eigenvalue weighted by Gasteiger charge is -2.02. The first-order valence-electron chi connectivity index (χ1n) is 5.12. The molecule has 6 heteroatoms. The van der Waals surface area contributed by atoms with Gasteiger partial charge in [-0.3, -0.25) is 4.79 Å². The molecule has 1 heterocycles. The van der Waals surface area contributed by atoms with Crippen molar-refractivity contribution >= 4 is 17.6 Å². The van der Waals surface area contributed by atoms with Crippen LogP contribution in [-0.4, -0.2) is 21.0 Å². The van der Waals surface area contributed by atoms with Gasteiger partial charge in [-0.15, -0.1) is 0 Å². The number of rotatable bonds is 3. The van der Waals surface area contributed by atoms with Crippen LogP contribution in [0, 0.1) is 0 Å². The van der Waals surface area contributed by atoms with Crippen molar-refractivity contribution in [3.8, 4) is 0 Å². The maximum atomic E-state index is 11.3. The lowest BCUT2D eigenvalue weighted by molar-refractivity contribution is 0.0682. The molecule has 2 rings (SSSR count). The number of aromatic amines is 1. The molecule has 0 amide bonds. The molecule has 0 bridgehead atoms. The molecule has 18 heavy (non-hydrogen) atoms. The number of hydrogen-bond donors (Lipinski definition) is 2. The highest BCUT2D eigenvalue weighted by Gasteiger charge is 2.08. The van der Waals surface area contributed by atoms with Gasteiger partial charge in [-0.2, -0.15) is 0 Å². The second-order valence-corrected chi connectivity index (χ2v) is 4.13. The van der Waals surface area contributed by atoms with Gasteiger partial charge in [-0.1, -0.05) is 23.7 Å². The van der Waals surface area contributed by atoms with E-state index >= 15 is 0 Å². The van der Waals surface area contributed by atoms with Crippen molar-refractivity contribution in [3.63, 3.8) is 0 Å². The quantitative estimate of drug-likeness (QED) is 0.884. The summed E-state index contributed by atoms with van der Waals surface area (Å²) >= 11 is 5.84. The van der Waals surface area contributed by atoms with Crippen molar-refractivity contribution in [1.29, 1.82) is 0 Å². The van der Waals surface area contributed by atoms with Crippen molar-refractivity contribution in [2.24, 2.45) is 0 Å². The van der Waals surface area contributed by atoms with Crippen LogP contribution in [0.15, 0.2) is 35.1 Å². The Hall–Kier alpha value is -2.14. The van der Waals surface area contributed by atoms with Crippen LogP contribution in [0.4, 0.5) is 0 Å². The largest absolute Gasteiger partial charge is 0.475 e. The van der Waals surface area contributed by atoms with Gasteiger partial charge in [0.05, 0.1) is 5.69 Å². The van der Waals surface area contributed by atoms with Crippen molar-refractivity contribution in [2.45, 2.75) is 6.42 Å². The molecule has 1 aromatic carbocycles. The number of nitrogens with zero attached hydrogens (tertiary/aromatic N) is 1. The summed E-state index contributed by atoms with van der Waals surface area (Å²) in [5, 5.41) is 9.37. The van der Waals surface area contributed by atoms with E-state index in [0.29, 0.717) is 17.1 Å². The van der Waals surface area contributed by atoms with Crippen LogP contribution in [0.1, 0.15) is 21.9 Å². The topological polar surface area (TPSA) is 83.0 Å². The molecule has 2 N–H and O–H groups in total. The third kappa shape index (κ3) is 2.95. The van der Waals surface area contributed by atoms with E-state index in [1.807, 2.05) is 6.07 Å². The molecule has 1 aromatic heterocycles. The highest BCUT2D eigenvalue weighted by atomic mass is 35.5. The Labute approximate surface area is 107 Å². The van der Waals surface area contributed by atoms with Gasteiger partial charge >= 0.3 is 5.97 Å². The molecule has 0 spiro atoms. The van der Waals surface area contributed by atoms with Gasteiger partial charge in [0.15, 0.2) is 0 Å². The van der Waals surface area contributed by atoms with Crippen LogP contribution in [0.3, 0.4) is 0 Å². The molecule has 0 saturated carbocycles. The number of carbonyl (C=O) groups is 1. The number of carboxylic acids is 1. The normalized spacial score (nSPS) is 10.3. The maximum Gasteiger partial charge on any atom is 0.372 e. The zero-order valence-electron chi connectivity index (χ0n) is 9.18. The summed E-state index contributed by atoms with van der Waals surface area (Å²) in [5.74, 6) is -1.63. The fourth-order valence-electron chi connectivity index (χ4n) is 1.56. The Morgan fingerprint density at radius 3 is 2.83 bits per heavy atom. The smallest absolute Gasteiger partial charge is 0.372 e. The van der Waals surface area contributed by atoms with E-state index in [1.54, 1.807) is 18.2 Å². The van der Waals surface area contributed by atoms with E-state index in [1.165, 1.54) is 6.07 Å². The molecular weight excluding hydrogens is 256 g/mol. The van der Waals surface area contributed by atoms with Crippen LogP contribution < -0.4 is 5.56 Å². The van der Waals surface area contributed by atoms with E-state index in [0.717, 1.165) is 5.56 Å².